The lowest BCUT2D eigenvalue weighted by Crippen LogP contribution is -2.42. The Morgan fingerprint density at radius 1 is 1.16 bits per heavy atom. The van der Waals surface area contributed by atoms with Gasteiger partial charge in [0.1, 0.15) is 6.04 Å². The van der Waals surface area contributed by atoms with Gasteiger partial charge in [0.2, 0.25) is 0 Å². The zero-order valence-electron chi connectivity index (χ0n) is 18.1. The predicted molar refractivity (Wildman–Crippen MR) is 118 cm³/mol. The van der Waals surface area contributed by atoms with E-state index in [4.69, 9.17) is 4.74 Å². The predicted octanol–water partition coefficient (Wildman–Crippen LogP) is 3.00. The molecule has 5 rings (SSSR count). The van der Waals surface area contributed by atoms with Crippen molar-refractivity contribution in [3.8, 4) is 0 Å². The normalized spacial score (nSPS) is 19.6. The molecule has 0 amide bonds. The van der Waals surface area contributed by atoms with Gasteiger partial charge in [-0.25, -0.2) is 4.68 Å². The summed E-state index contributed by atoms with van der Waals surface area (Å²) in [6.45, 7) is 4.92. The van der Waals surface area contributed by atoms with Crippen LogP contribution in [0.1, 0.15) is 68.1 Å². The van der Waals surface area contributed by atoms with Crippen molar-refractivity contribution in [3.63, 3.8) is 0 Å². The van der Waals surface area contributed by atoms with Crippen LogP contribution in [0.2, 0.25) is 0 Å². The molecule has 8 nitrogen and oxygen atoms in total. The number of nitrogens with one attached hydrogen (secondary N) is 1. The Balaban J connectivity index is 1.63. The third-order valence-electron chi connectivity index (χ3n) is 6.73. The van der Waals surface area contributed by atoms with E-state index in [1.165, 1.54) is 24.8 Å². The van der Waals surface area contributed by atoms with Crippen LogP contribution >= 0.6 is 0 Å². The SMILES string of the molecule is CCc1ccc2[nH]c(=O)c(C(c3nnnn3C3CCCCC3)N3CCOCC3)cc2c1. The molecule has 3 heterocycles. The number of hydrogen-bond donors (Lipinski definition) is 1. The number of pyridine rings is 1. The molecule has 1 saturated carbocycles. The number of ether oxygens (including phenoxy) is 1. The molecule has 164 valence electrons. The molecule has 1 unspecified atom stereocenters. The maximum atomic E-state index is 13.3. The Kier molecular flexibility index (Phi) is 5.82. The Bertz CT molecular complexity index is 1090. The number of aromatic amines is 1. The highest BCUT2D eigenvalue weighted by Gasteiger charge is 2.33. The van der Waals surface area contributed by atoms with Crippen LogP contribution in [-0.4, -0.2) is 56.4 Å². The second-order valence-electron chi connectivity index (χ2n) is 8.65. The molecule has 0 radical (unpaired) electrons. The fourth-order valence-electron chi connectivity index (χ4n) is 5.00. The standard InChI is InChI=1S/C23H30N6O2/c1-2-16-8-9-20-17(14-16)15-19(23(30)24-20)21(28-10-12-31-13-11-28)22-25-26-27-29(22)18-6-4-3-5-7-18/h8-9,14-15,18,21H,2-7,10-13H2,1H3,(H,24,30). The molecule has 2 aromatic heterocycles. The molecular weight excluding hydrogens is 392 g/mol. The number of hydrogen-bond acceptors (Lipinski definition) is 6. The zero-order valence-corrected chi connectivity index (χ0v) is 18.1. The van der Waals surface area contributed by atoms with Crippen molar-refractivity contribution in [2.24, 2.45) is 0 Å². The summed E-state index contributed by atoms with van der Waals surface area (Å²) in [6, 6.07) is 8.27. The molecule has 1 saturated heterocycles. The second kappa shape index (κ2) is 8.88. The maximum Gasteiger partial charge on any atom is 0.253 e. The molecule has 2 fully saturated rings. The van der Waals surface area contributed by atoms with E-state index >= 15 is 0 Å². The smallest absolute Gasteiger partial charge is 0.253 e. The quantitative estimate of drug-likeness (QED) is 0.680. The first-order chi connectivity index (χ1) is 15.2. The van der Waals surface area contributed by atoms with Gasteiger partial charge in [0.15, 0.2) is 5.82 Å². The fourth-order valence-corrected chi connectivity index (χ4v) is 5.00. The van der Waals surface area contributed by atoms with Crippen LogP contribution in [0.5, 0.6) is 0 Å². The van der Waals surface area contributed by atoms with Crippen LogP contribution in [0.3, 0.4) is 0 Å². The van der Waals surface area contributed by atoms with E-state index in [9.17, 15) is 4.79 Å². The minimum absolute atomic E-state index is 0.0774. The van der Waals surface area contributed by atoms with Gasteiger partial charge < -0.3 is 9.72 Å². The first kappa shape index (κ1) is 20.3. The number of aryl methyl sites for hydroxylation is 1. The number of aromatic nitrogens is 5. The number of morpholine rings is 1. The molecule has 0 spiro atoms. The van der Waals surface area contributed by atoms with Crippen molar-refractivity contribution >= 4 is 10.9 Å². The van der Waals surface area contributed by atoms with Crippen molar-refractivity contribution < 1.29 is 4.74 Å². The van der Waals surface area contributed by atoms with Gasteiger partial charge in [-0.1, -0.05) is 32.3 Å². The molecule has 1 aliphatic heterocycles. The van der Waals surface area contributed by atoms with Crippen molar-refractivity contribution in [3.05, 3.63) is 51.6 Å². The monoisotopic (exact) mass is 422 g/mol. The summed E-state index contributed by atoms with van der Waals surface area (Å²) in [7, 11) is 0. The van der Waals surface area contributed by atoms with E-state index in [1.54, 1.807) is 0 Å². The molecule has 2 aliphatic rings. The lowest BCUT2D eigenvalue weighted by Gasteiger charge is -2.34. The third-order valence-corrected chi connectivity index (χ3v) is 6.73. The molecule has 31 heavy (non-hydrogen) atoms. The number of nitrogens with zero attached hydrogens (tertiary/aromatic N) is 5. The van der Waals surface area contributed by atoms with Gasteiger partial charge >= 0.3 is 0 Å². The first-order valence-electron chi connectivity index (χ1n) is 11.5. The van der Waals surface area contributed by atoms with E-state index in [2.05, 4.69) is 44.5 Å². The number of H-pyrrole nitrogens is 1. The van der Waals surface area contributed by atoms with Gasteiger partial charge in [0, 0.05) is 24.2 Å². The Morgan fingerprint density at radius 3 is 2.74 bits per heavy atom. The molecule has 1 N–H and O–H groups in total. The first-order valence-corrected chi connectivity index (χ1v) is 11.5. The molecule has 1 aliphatic carbocycles. The molecule has 3 aromatic rings. The van der Waals surface area contributed by atoms with Crippen molar-refractivity contribution in [1.29, 1.82) is 0 Å². The lowest BCUT2D eigenvalue weighted by atomic mass is 9.95. The molecule has 1 aromatic carbocycles. The van der Waals surface area contributed by atoms with E-state index < -0.39 is 0 Å². The van der Waals surface area contributed by atoms with Crippen molar-refractivity contribution in [1.82, 2.24) is 30.1 Å². The Hall–Kier alpha value is -2.58. The van der Waals surface area contributed by atoms with Gasteiger partial charge in [-0.05, 0) is 58.8 Å². The fraction of sp³-hybridized carbons (Fsp3) is 0.565. The van der Waals surface area contributed by atoms with E-state index in [1.807, 2.05) is 16.8 Å². The van der Waals surface area contributed by atoms with Crippen LogP contribution in [0.25, 0.3) is 10.9 Å². The topological polar surface area (TPSA) is 88.9 Å². The summed E-state index contributed by atoms with van der Waals surface area (Å²) >= 11 is 0. The molecule has 1 atom stereocenters. The van der Waals surface area contributed by atoms with E-state index in [-0.39, 0.29) is 11.6 Å². The summed E-state index contributed by atoms with van der Waals surface area (Å²) in [4.78, 5) is 18.6. The highest BCUT2D eigenvalue weighted by molar-refractivity contribution is 5.80. The maximum absolute atomic E-state index is 13.3. The number of fused-ring (bicyclic) bond motifs is 1. The Labute approximate surface area is 181 Å². The van der Waals surface area contributed by atoms with Crippen LogP contribution in [-0.2, 0) is 11.2 Å². The zero-order chi connectivity index (χ0) is 21.2. The number of tetrazole rings is 1. The van der Waals surface area contributed by atoms with Crippen LogP contribution in [0, 0.1) is 0 Å². The highest BCUT2D eigenvalue weighted by Crippen LogP contribution is 2.33. The number of benzene rings is 1. The van der Waals surface area contributed by atoms with Crippen LogP contribution in [0.15, 0.2) is 29.1 Å². The van der Waals surface area contributed by atoms with E-state index in [0.717, 1.165) is 49.1 Å². The summed E-state index contributed by atoms with van der Waals surface area (Å²) in [5, 5.41) is 13.9. The number of rotatable bonds is 5. The average molecular weight is 423 g/mol. The molecule has 0 bridgehead atoms. The van der Waals surface area contributed by atoms with Crippen LogP contribution in [0.4, 0.5) is 0 Å². The largest absolute Gasteiger partial charge is 0.379 e. The third kappa shape index (κ3) is 4.02. The van der Waals surface area contributed by atoms with Crippen molar-refractivity contribution in [2.45, 2.75) is 57.5 Å². The summed E-state index contributed by atoms with van der Waals surface area (Å²) in [5.74, 6) is 0.769. The summed E-state index contributed by atoms with van der Waals surface area (Å²) in [5.41, 5.74) is 2.74. The Morgan fingerprint density at radius 2 is 1.97 bits per heavy atom. The molecule has 8 heteroatoms. The summed E-state index contributed by atoms with van der Waals surface area (Å²) < 4.78 is 7.59. The highest BCUT2D eigenvalue weighted by atomic mass is 16.5. The van der Waals surface area contributed by atoms with Crippen LogP contribution < -0.4 is 5.56 Å². The van der Waals surface area contributed by atoms with Gasteiger partial charge in [0.05, 0.1) is 19.3 Å². The average Bonchev–Trinajstić information content (AvgIpc) is 3.30. The minimum Gasteiger partial charge on any atom is -0.379 e. The van der Waals surface area contributed by atoms with Gasteiger partial charge in [-0.2, -0.15) is 0 Å². The van der Waals surface area contributed by atoms with Gasteiger partial charge in [-0.3, -0.25) is 9.69 Å². The molecular formula is C23H30N6O2. The minimum atomic E-state index is -0.292. The van der Waals surface area contributed by atoms with E-state index in [0.29, 0.717) is 24.8 Å². The lowest BCUT2D eigenvalue weighted by molar-refractivity contribution is 0.0209. The summed E-state index contributed by atoms with van der Waals surface area (Å²) in [6.07, 6.45) is 6.79. The second-order valence-corrected chi connectivity index (χ2v) is 8.65. The van der Waals surface area contributed by atoms with Gasteiger partial charge in [-0.15, -0.1) is 5.10 Å². The van der Waals surface area contributed by atoms with Crippen molar-refractivity contribution in [2.75, 3.05) is 26.3 Å². The van der Waals surface area contributed by atoms with Gasteiger partial charge in [0.25, 0.3) is 5.56 Å².